The number of halogens is 3. The third-order valence-electron chi connectivity index (χ3n) is 2.67. The number of amides is 1. The number of carbonyl (C=O) groups is 2. The molecule has 0 radical (unpaired) electrons. The summed E-state index contributed by atoms with van der Waals surface area (Å²) in [6.45, 7) is 4.01. The van der Waals surface area contributed by atoms with Crippen LogP contribution in [0.4, 0.5) is 0 Å². The molecule has 0 saturated heterocycles. The van der Waals surface area contributed by atoms with Crippen LogP contribution in [0.2, 0.25) is 0 Å². The van der Waals surface area contributed by atoms with Gasteiger partial charge in [-0.05, 0) is 93.8 Å². The Kier molecular flexibility index (Phi) is 7.46. The molecule has 0 aliphatic rings. The number of hydrogen-bond acceptors (Lipinski definition) is 2. The lowest BCUT2D eigenvalue weighted by Crippen LogP contribution is -2.39. The van der Waals surface area contributed by atoms with Gasteiger partial charge in [0.2, 0.25) is 0 Å². The monoisotopic (exact) mass is 613 g/mol. The van der Waals surface area contributed by atoms with E-state index in [0.717, 1.165) is 10.7 Å². The van der Waals surface area contributed by atoms with Crippen LogP contribution in [0.25, 0.3) is 0 Å². The van der Waals surface area contributed by atoms with Crippen LogP contribution < -0.4 is 0 Å². The molecule has 0 aliphatic heterocycles. The number of hydrogen-bond donors (Lipinski definition) is 1. The van der Waals surface area contributed by atoms with Crippen LogP contribution in [0, 0.1) is 10.7 Å². The highest BCUT2D eigenvalue weighted by molar-refractivity contribution is 14.1. The van der Waals surface area contributed by atoms with Gasteiger partial charge in [-0.25, -0.2) is 0 Å². The lowest BCUT2D eigenvalue weighted by molar-refractivity contribution is -0.137. The van der Waals surface area contributed by atoms with E-state index in [4.69, 9.17) is 5.11 Å². The second kappa shape index (κ2) is 8.11. The van der Waals surface area contributed by atoms with Gasteiger partial charge in [0.05, 0.1) is 12.0 Å². The molecule has 0 saturated carbocycles. The fraction of sp³-hybridized carbons (Fsp3) is 0.385. The second-order valence-corrected chi connectivity index (χ2v) is 7.97. The molecule has 0 aromatic heterocycles. The Bertz CT molecular complexity index is 532. The minimum atomic E-state index is -0.893. The van der Waals surface area contributed by atoms with Crippen LogP contribution in [0.3, 0.4) is 0 Å². The number of aliphatic carboxylic acids is 1. The molecule has 1 rings (SSSR count). The zero-order valence-electron chi connectivity index (χ0n) is 11.0. The van der Waals surface area contributed by atoms with Gasteiger partial charge in [-0.1, -0.05) is 0 Å². The summed E-state index contributed by atoms with van der Waals surface area (Å²) >= 11 is 6.55. The average molecular weight is 613 g/mol. The number of rotatable bonds is 5. The van der Waals surface area contributed by atoms with Crippen LogP contribution in [0.5, 0.6) is 0 Å². The summed E-state index contributed by atoms with van der Waals surface area (Å²) in [6, 6.07) is 3.83. The minimum absolute atomic E-state index is 0.0341. The summed E-state index contributed by atoms with van der Waals surface area (Å²) in [5, 5.41) is 8.80. The first-order chi connectivity index (χ1) is 9.23. The SMILES string of the molecule is CC(C)N(CCC(=O)O)C(=O)c1cc(I)cc(I)c1I. The van der Waals surface area contributed by atoms with Crippen LogP contribution >= 0.6 is 67.8 Å². The summed E-state index contributed by atoms with van der Waals surface area (Å²) in [6.07, 6.45) is -0.0402. The first kappa shape index (κ1) is 18.4. The van der Waals surface area contributed by atoms with E-state index >= 15 is 0 Å². The summed E-state index contributed by atoms with van der Waals surface area (Å²) < 4.78 is 2.94. The normalized spacial score (nSPS) is 10.7. The van der Waals surface area contributed by atoms with Crippen molar-refractivity contribution in [3.05, 3.63) is 28.4 Å². The topological polar surface area (TPSA) is 57.6 Å². The molecular formula is C13H14I3NO3. The van der Waals surface area contributed by atoms with Gasteiger partial charge in [0, 0.05) is 23.3 Å². The Morgan fingerprint density at radius 3 is 2.35 bits per heavy atom. The third-order valence-corrected chi connectivity index (χ3v) is 6.34. The van der Waals surface area contributed by atoms with E-state index in [0.29, 0.717) is 5.56 Å². The van der Waals surface area contributed by atoms with Crippen LogP contribution in [-0.4, -0.2) is 34.5 Å². The molecule has 4 nitrogen and oxygen atoms in total. The van der Waals surface area contributed by atoms with Crippen molar-refractivity contribution in [3.8, 4) is 0 Å². The molecule has 0 atom stereocenters. The maximum absolute atomic E-state index is 12.6. The van der Waals surface area contributed by atoms with Gasteiger partial charge in [-0.3, -0.25) is 9.59 Å². The van der Waals surface area contributed by atoms with Gasteiger partial charge in [0.1, 0.15) is 0 Å². The summed E-state index contributed by atoms with van der Waals surface area (Å²) in [5.74, 6) is -1.00. The van der Waals surface area contributed by atoms with Crippen LogP contribution in [0.1, 0.15) is 30.6 Å². The van der Waals surface area contributed by atoms with Crippen molar-refractivity contribution in [2.75, 3.05) is 6.54 Å². The molecule has 0 spiro atoms. The van der Waals surface area contributed by atoms with Crippen LogP contribution in [-0.2, 0) is 4.79 Å². The zero-order chi connectivity index (χ0) is 15.4. The van der Waals surface area contributed by atoms with Gasteiger partial charge in [-0.2, -0.15) is 0 Å². The molecule has 0 fully saturated rings. The van der Waals surface area contributed by atoms with Crippen molar-refractivity contribution in [1.82, 2.24) is 4.90 Å². The fourth-order valence-corrected chi connectivity index (χ4v) is 4.06. The molecule has 0 heterocycles. The number of carboxylic acids is 1. The molecule has 0 bridgehead atoms. The quantitative estimate of drug-likeness (QED) is 0.407. The van der Waals surface area contributed by atoms with Gasteiger partial charge in [0.15, 0.2) is 0 Å². The van der Waals surface area contributed by atoms with E-state index in [1.165, 1.54) is 0 Å². The fourth-order valence-electron chi connectivity index (χ4n) is 1.68. The molecule has 1 aromatic rings. The zero-order valence-corrected chi connectivity index (χ0v) is 17.5. The van der Waals surface area contributed by atoms with E-state index < -0.39 is 5.97 Å². The highest BCUT2D eigenvalue weighted by atomic mass is 127. The van der Waals surface area contributed by atoms with Crippen molar-refractivity contribution in [1.29, 1.82) is 0 Å². The predicted molar refractivity (Wildman–Crippen MR) is 103 cm³/mol. The first-order valence-corrected chi connectivity index (χ1v) is 9.15. The highest BCUT2D eigenvalue weighted by Gasteiger charge is 2.22. The van der Waals surface area contributed by atoms with Gasteiger partial charge < -0.3 is 10.0 Å². The van der Waals surface area contributed by atoms with Crippen LogP contribution in [0.15, 0.2) is 12.1 Å². The molecule has 0 aliphatic carbocycles. The maximum Gasteiger partial charge on any atom is 0.305 e. The molecule has 7 heteroatoms. The summed E-state index contributed by atoms with van der Waals surface area (Å²) in [4.78, 5) is 25.0. The lowest BCUT2D eigenvalue weighted by Gasteiger charge is -2.27. The van der Waals surface area contributed by atoms with Gasteiger partial charge >= 0.3 is 5.97 Å². The molecule has 1 N–H and O–H groups in total. The Morgan fingerprint density at radius 1 is 1.25 bits per heavy atom. The lowest BCUT2D eigenvalue weighted by atomic mass is 10.1. The Balaban J connectivity index is 3.09. The predicted octanol–water partition coefficient (Wildman–Crippen LogP) is 3.83. The van der Waals surface area contributed by atoms with Crippen molar-refractivity contribution >= 4 is 79.6 Å². The summed E-state index contributed by atoms with van der Waals surface area (Å²) in [5.41, 5.74) is 0.640. The summed E-state index contributed by atoms with van der Waals surface area (Å²) in [7, 11) is 0. The van der Waals surface area contributed by atoms with Crippen molar-refractivity contribution < 1.29 is 14.7 Å². The second-order valence-electron chi connectivity index (χ2n) is 4.49. The Morgan fingerprint density at radius 2 is 1.85 bits per heavy atom. The van der Waals surface area contributed by atoms with E-state index in [-0.39, 0.29) is 24.9 Å². The van der Waals surface area contributed by atoms with E-state index in [2.05, 4.69) is 67.8 Å². The van der Waals surface area contributed by atoms with E-state index in [1.807, 2.05) is 26.0 Å². The average Bonchev–Trinajstić information content (AvgIpc) is 2.32. The minimum Gasteiger partial charge on any atom is -0.481 e. The third kappa shape index (κ3) is 4.97. The number of carbonyl (C=O) groups excluding carboxylic acids is 1. The largest absolute Gasteiger partial charge is 0.481 e. The molecule has 1 amide bonds. The molecule has 110 valence electrons. The maximum atomic E-state index is 12.6. The Labute approximate surface area is 159 Å². The Hall–Kier alpha value is 0.350. The smallest absolute Gasteiger partial charge is 0.305 e. The number of nitrogens with zero attached hydrogens (tertiary/aromatic N) is 1. The van der Waals surface area contributed by atoms with Gasteiger partial charge in [-0.15, -0.1) is 0 Å². The van der Waals surface area contributed by atoms with Crippen molar-refractivity contribution in [2.24, 2.45) is 0 Å². The first-order valence-electron chi connectivity index (χ1n) is 5.91. The van der Waals surface area contributed by atoms with E-state index in [1.54, 1.807) is 4.90 Å². The molecule has 20 heavy (non-hydrogen) atoms. The standard InChI is InChI=1S/C13H14I3NO3/c1-7(2)17(4-3-11(18)19)13(20)9-5-8(14)6-10(15)12(9)16/h5-7H,3-4H2,1-2H3,(H,18,19). The number of carboxylic acid groups (broad SMARTS) is 1. The molecule has 0 unspecified atom stereocenters. The number of benzene rings is 1. The van der Waals surface area contributed by atoms with E-state index in [9.17, 15) is 9.59 Å². The van der Waals surface area contributed by atoms with Gasteiger partial charge in [0.25, 0.3) is 5.91 Å². The van der Waals surface area contributed by atoms with Crippen molar-refractivity contribution in [3.63, 3.8) is 0 Å². The van der Waals surface area contributed by atoms with Crippen molar-refractivity contribution in [2.45, 2.75) is 26.3 Å². The highest BCUT2D eigenvalue weighted by Crippen LogP contribution is 2.24. The molecule has 1 aromatic carbocycles. The molecular weight excluding hydrogens is 599 g/mol.